The minimum absolute atomic E-state index is 0.0133. The molecule has 1 saturated carbocycles. The summed E-state index contributed by atoms with van der Waals surface area (Å²) >= 11 is 0. The lowest BCUT2D eigenvalue weighted by Crippen LogP contribution is -2.38. The van der Waals surface area contributed by atoms with Crippen molar-refractivity contribution in [3.05, 3.63) is 107 Å². The van der Waals surface area contributed by atoms with E-state index in [2.05, 4.69) is 104 Å². The first-order chi connectivity index (χ1) is 19.7. The Bertz CT molecular complexity index is 997. The third-order valence-corrected chi connectivity index (χ3v) is 8.13. The van der Waals surface area contributed by atoms with Gasteiger partial charge in [-0.1, -0.05) is 84.9 Å². The Morgan fingerprint density at radius 2 is 1.20 bits per heavy atom. The Hall–Kier alpha value is -2.50. The van der Waals surface area contributed by atoms with Gasteiger partial charge in [-0.15, -0.1) is 0 Å². The molecule has 1 aliphatic carbocycles. The first-order valence-corrected chi connectivity index (χ1v) is 15.4. The quantitative estimate of drug-likeness (QED) is 0.228. The molecule has 3 aromatic rings. The molecule has 1 saturated heterocycles. The van der Waals surface area contributed by atoms with Crippen LogP contribution in [0.5, 0.6) is 0 Å². The maximum Gasteiger partial charge on any atom is 0.157 e. The standard InChI is InChI=1S/C28H39NO3.C8H10/c1-3-10-24(11-4-1)22-29(23-25-12-5-2-6-13-25)26-15-17-27(18-16-26)30-20-9-21-32-28-14-7-8-19-31-28;1-7-5-3-4-6-8(7)2/h1-6,10-13,26-28H,7-9,14-23H2;3-6H,1-2H3. The molecule has 4 heteroatoms. The summed E-state index contributed by atoms with van der Waals surface area (Å²) < 4.78 is 17.6. The fraction of sp³-hybridized carbons (Fsp3) is 0.500. The Balaban J connectivity index is 0.000000398. The minimum Gasteiger partial charge on any atom is -0.378 e. The van der Waals surface area contributed by atoms with Crippen molar-refractivity contribution in [2.45, 2.75) is 96.7 Å². The van der Waals surface area contributed by atoms with Gasteiger partial charge in [0.05, 0.1) is 12.7 Å². The molecule has 0 amide bonds. The zero-order valence-corrected chi connectivity index (χ0v) is 24.7. The third-order valence-electron chi connectivity index (χ3n) is 8.13. The second-order valence-corrected chi connectivity index (χ2v) is 11.3. The van der Waals surface area contributed by atoms with Gasteiger partial charge in [-0.25, -0.2) is 0 Å². The second kappa shape index (κ2) is 17.3. The summed E-state index contributed by atoms with van der Waals surface area (Å²) in [7, 11) is 0. The Morgan fingerprint density at radius 3 is 1.73 bits per heavy atom. The summed E-state index contributed by atoms with van der Waals surface area (Å²) in [5.41, 5.74) is 5.52. The number of hydrogen-bond acceptors (Lipinski definition) is 4. The van der Waals surface area contributed by atoms with Crippen molar-refractivity contribution in [1.82, 2.24) is 4.90 Å². The predicted molar refractivity (Wildman–Crippen MR) is 164 cm³/mol. The number of ether oxygens (including phenoxy) is 3. The van der Waals surface area contributed by atoms with Gasteiger partial charge >= 0.3 is 0 Å². The van der Waals surface area contributed by atoms with E-state index in [0.717, 1.165) is 58.6 Å². The van der Waals surface area contributed by atoms with Gasteiger partial charge in [-0.2, -0.15) is 0 Å². The molecule has 1 unspecified atom stereocenters. The highest BCUT2D eigenvalue weighted by Gasteiger charge is 2.26. The molecule has 216 valence electrons. The summed E-state index contributed by atoms with van der Waals surface area (Å²) in [5.74, 6) is 0. The first-order valence-electron chi connectivity index (χ1n) is 15.4. The number of hydrogen-bond donors (Lipinski definition) is 0. The Labute approximate surface area is 242 Å². The van der Waals surface area contributed by atoms with Crippen LogP contribution in [0.4, 0.5) is 0 Å². The number of rotatable bonds is 11. The normalized spacial score (nSPS) is 21.0. The van der Waals surface area contributed by atoms with Gasteiger partial charge in [-0.3, -0.25) is 4.90 Å². The lowest BCUT2D eigenvalue weighted by Gasteiger charge is -2.37. The highest BCUT2D eigenvalue weighted by molar-refractivity contribution is 5.23. The fourth-order valence-corrected chi connectivity index (χ4v) is 5.56. The zero-order valence-electron chi connectivity index (χ0n) is 24.7. The summed E-state index contributed by atoms with van der Waals surface area (Å²) in [5, 5.41) is 0. The van der Waals surface area contributed by atoms with Gasteiger partial charge in [0.15, 0.2) is 6.29 Å². The SMILES string of the molecule is Cc1ccccc1C.c1ccc(CN(Cc2ccccc2)C2CCC(OCCCOC3CCCCO3)CC2)cc1. The molecule has 0 radical (unpaired) electrons. The summed E-state index contributed by atoms with van der Waals surface area (Å²) in [6.45, 7) is 8.63. The smallest absolute Gasteiger partial charge is 0.157 e. The average Bonchev–Trinajstić information content (AvgIpc) is 3.00. The summed E-state index contributed by atoms with van der Waals surface area (Å²) in [6, 6.07) is 30.7. The van der Waals surface area contributed by atoms with Crippen LogP contribution in [0.25, 0.3) is 0 Å². The van der Waals surface area contributed by atoms with E-state index in [1.54, 1.807) is 0 Å². The van der Waals surface area contributed by atoms with Crippen LogP contribution in [0.2, 0.25) is 0 Å². The van der Waals surface area contributed by atoms with Crippen molar-refractivity contribution in [3.8, 4) is 0 Å². The fourth-order valence-electron chi connectivity index (χ4n) is 5.56. The van der Waals surface area contributed by atoms with E-state index in [0.29, 0.717) is 12.1 Å². The molecule has 2 fully saturated rings. The summed E-state index contributed by atoms with van der Waals surface area (Å²) in [4.78, 5) is 2.67. The van der Waals surface area contributed by atoms with Gasteiger partial charge < -0.3 is 14.2 Å². The Kier molecular flexibility index (Phi) is 13.2. The maximum atomic E-state index is 6.20. The van der Waals surface area contributed by atoms with Gasteiger partial charge in [0, 0.05) is 32.3 Å². The number of aryl methyl sites for hydroxylation is 2. The molecular formula is C36H49NO3. The van der Waals surface area contributed by atoms with Gasteiger partial charge in [0.25, 0.3) is 0 Å². The van der Waals surface area contributed by atoms with Crippen molar-refractivity contribution in [2.24, 2.45) is 0 Å². The lowest BCUT2D eigenvalue weighted by molar-refractivity contribution is -0.164. The van der Waals surface area contributed by atoms with Crippen molar-refractivity contribution >= 4 is 0 Å². The predicted octanol–water partition coefficient (Wildman–Crippen LogP) is 8.25. The molecule has 40 heavy (non-hydrogen) atoms. The van der Waals surface area contributed by atoms with E-state index >= 15 is 0 Å². The van der Waals surface area contributed by atoms with Crippen LogP contribution in [0.1, 0.15) is 73.6 Å². The topological polar surface area (TPSA) is 30.9 Å². The number of benzene rings is 3. The molecular weight excluding hydrogens is 494 g/mol. The molecule has 1 heterocycles. The third kappa shape index (κ3) is 10.8. The van der Waals surface area contributed by atoms with E-state index < -0.39 is 0 Å². The van der Waals surface area contributed by atoms with Crippen LogP contribution in [0.3, 0.4) is 0 Å². The van der Waals surface area contributed by atoms with Crippen LogP contribution >= 0.6 is 0 Å². The van der Waals surface area contributed by atoms with Crippen LogP contribution in [-0.4, -0.2) is 43.2 Å². The highest BCUT2D eigenvalue weighted by atomic mass is 16.7. The van der Waals surface area contributed by atoms with Crippen molar-refractivity contribution in [1.29, 1.82) is 0 Å². The van der Waals surface area contributed by atoms with E-state index in [1.807, 2.05) is 0 Å². The molecule has 1 aliphatic heterocycles. The average molecular weight is 544 g/mol. The zero-order chi connectivity index (χ0) is 27.8. The van der Waals surface area contributed by atoms with Crippen LogP contribution in [0, 0.1) is 13.8 Å². The molecule has 5 rings (SSSR count). The maximum absolute atomic E-state index is 6.20. The van der Waals surface area contributed by atoms with Crippen molar-refractivity contribution in [3.63, 3.8) is 0 Å². The highest BCUT2D eigenvalue weighted by Crippen LogP contribution is 2.28. The van der Waals surface area contributed by atoms with E-state index in [1.165, 1.54) is 47.9 Å². The monoisotopic (exact) mass is 543 g/mol. The van der Waals surface area contributed by atoms with Crippen LogP contribution < -0.4 is 0 Å². The lowest BCUT2D eigenvalue weighted by atomic mass is 9.91. The molecule has 0 bridgehead atoms. The Morgan fingerprint density at radius 1 is 0.650 bits per heavy atom. The molecule has 0 N–H and O–H groups in total. The molecule has 4 nitrogen and oxygen atoms in total. The van der Waals surface area contributed by atoms with Gasteiger partial charge in [-0.05, 0) is 87.5 Å². The summed E-state index contributed by atoms with van der Waals surface area (Å²) in [6.07, 6.45) is 9.49. The second-order valence-electron chi connectivity index (χ2n) is 11.3. The van der Waals surface area contributed by atoms with Crippen molar-refractivity contribution < 1.29 is 14.2 Å². The van der Waals surface area contributed by atoms with Gasteiger partial charge in [0.2, 0.25) is 0 Å². The molecule has 3 aromatic carbocycles. The molecule has 0 spiro atoms. The molecule has 1 atom stereocenters. The van der Waals surface area contributed by atoms with E-state index in [9.17, 15) is 0 Å². The van der Waals surface area contributed by atoms with Crippen molar-refractivity contribution in [2.75, 3.05) is 19.8 Å². The van der Waals surface area contributed by atoms with Crippen LogP contribution in [0.15, 0.2) is 84.9 Å². The van der Waals surface area contributed by atoms with E-state index in [-0.39, 0.29) is 6.29 Å². The number of nitrogens with zero attached hydrogens (tertiary/aromatic N) is 1. The largest absolute Gasteiger partial charge is 0.378 e. The molecule has 0 aromatic heterocycles. The molecule has 2 aliphatic rings. The van der Waals surface area contributed by atoms with Gasteiger partial charge in [0.1, 0.15) is 0 Å². The van der Waals surface area contributed by atoms with Crippen LogP contribution in [-0.2, 0) is 27.3 Å². The minimum atomic E-state index is 0.0133. The first kappa shape index (κ1) is 30.5. The van der Waals surface area contributed by atoms with E-state index in [4.69, 9.17) is 14.2 Å².